The summed E-state index contributed by atoms with van der Waals surface area (Å²) in [5.74, 6) is -0.582. The zero-order valence-electron chi connectivity index (χ0n) is 15.2. The van der Waals surface area contributed by atoms with Crippen molar-refractivity contribution in [2.24, 2.45) is 11.3 Å². The predicted molar refractivity (Wildman–Crippen MR) is 91.1 cm³/mol. The Kier molecular flexibility index (Phi) is 5.98. The summed E-state index contributed by atoms with van der Waals surface area (Å²) in [4.78, 5) is 23.8. The number of rotatable bonds is 5. The molecule has 4 heteroatoms. The van der Waals surface area contributed by atoms with Crippen molar-refractivity contribution in [1.82, 2.24) is 0 Å². The van der Waals surface area contributed by atoms with Gasteiger partial charge in [0.05, 0.1) is 12.7 Å². The van der Waals surface area contributed by atoms with Crippen molar-refractivity contribution >= 4 is 11.8 Å². The van der Waals surface area contributed by atoms with Crippen LogP contribution in [-0.4, -0.2) is 24.0 Å². The van der Waals surface area contributed by atoms with Gasteiger partial charge >= 0.3 is 5.97 Å². The fraction of sp³-hybridized carbons (Fsp3) is 0.579. The fourth-order valence-corrected chi connectivity index (χ4v) is 2.85. The highest BCUT2D eigenvalue weighted by Crippen LogP contribution is 2.42. The molecule has 0 aromatic heterocycles. The summed E-state index contributed by atoms with van der Waals surface area (Å²) in [6.07, 6.45) is 0.923. The van der Waals surface area contributed by atoms with Crippen LogP contribution in [0.25, 0.3) is 0 Å². The average Bonchev–Trinajstić information content (AvgIpc) is 2.42. The molecule has 0 bridgehead atoms. The van der Waals surface area contributed by atoms with E-state index in [1.165, 1.54) is 14.0 Å². The smallest absolute Gasteiger partial charge is 0.341 e. The van der Waals surface area contributed by atoms with Crippen LogP contribution in [0.5, 0.6) is 5.75 Å². The first-order chi connectivity index (χ1) is 10.5. The van der Waals surface area contributed by atoms with E-state index in [4.69, 9.17) is 4.74 Å². The lowest BCUT2D eigenvalue weighted by Crippen LogP contribution is -2.21. The number of phenolic OH excluding ortho intramolecular Hbond substituents is 1. The molecule has 0 saturated heterocycles. The molecule has 0 spiro atoms. The molecule has 0 saturated carbocycles. The van der Waals surface area contributed by atoms with E-state index in [-0.39, 0.29) is 34.0 Å². The normalized spacial score (nSPS) is 13.0. The molecule has 0 aliphatic rings. The molecular formula is C19H28O4. The van der Waals surface area contributed by atoms with E-state index >= 15 is 0 Å². The maximum Gasteiger partial charge on any atom is 0.341 e. The van der Waals surface area contributed by atoms with Gasteiger partial charge in [0.2, 0.25) is 0 Å². The molecule has 1 atom stereocenters. The standard InChI is InChI=1S/C19H28O4/c1-11(2)8-16(19(4,5)6)13-9-14(12(3)20)17(21)15(10-13)18(22)23-7/h9-11,16,21H,8H2,1-7H3. The third kappa shape index (κ3) is 4.57. The number of aromatic hydroxyl groups is 1. The zero-order chi connectivity index (χ0) is 17.9. The molecular weight excluding hydrogens is 292 g/mol. The van der Waals surface area contributed by atoms with E-state index in [9.17, 15) is 14.7 Å². The summed E-state index contributed by atoms with van der Waals surface area (Å²) in [6.45, 7) is 12.1. The number of phenols is 1. The van der Waals surface area contributed by atoms with E-state index in [1.807, 2.05) is 0 Å². The molecule has 0 radical (unpaired) electrons. The number of carbonyl (C=O) groups is 2. The van der Waals surface area contributed by atoms with Crippen LogP contribution in [0, 0.1) is 11.3 Å². The van der Waals surface area contributed by atoms with Gasteiger partial charge in [0, 0.05) is 0 Å². The number of Topliss-reactive ketones (excluding diaryl/α,β-unsaturated/α-hetero) is 1. The van der Waals surface area contributed by atoms with Crippen LogP contribution < -0.4 is 0 Å². The lowest BCUT2D eigenvalue weighted by atomic mass is 9.72. The predicted octanol–water partition coefficient (Wildman–Crippen LogP) is 4.56. The van der Waals surface area contributed by atoms with Gasteiger partial charge < -0.3 is 9.84 Å². The lowest BCUT2D eigenvalue weighted by molar-refractivity contribution is 0.0597. The Morgan fingerprint density at radius 1 is 1.17 bits per heavy atom. The summed E-state index contributed by atoms with van der Waals surface area (Å²) in [7, 11) is 1.26. The Balaban J connectivity index is 3.58. The molecule has 1 N–H and O–H groups in total. The van der Waals surface area contributed by atoms with Gasteiger partial charge in [-0.15, -0.1) is 0 Å². The minimum atomic E-state index is -0.635. The molecule has 1 aromatic rings. The summed E-state index contributed by atoms with van der Waals surface area (Å²) in [6, 6.07) is 3.37. The van der Waals surface area contributed by atoms with Crippen molar-refractivity contribution in [1.29, 1.82) is 0 Å². The quantitative estimate of drug-likeness (QED) is 0.638. The number of hydrogen-bond acceptors (Lipinski definition) is 4. The largest absolute Gasteiger partial charge is 0.506 e. The second-order valence-corrected chi connectivity index (χ2v) is 7.56. The second kappa shape index (κ2) is 7.16. The third-order valence-corrected chi connectivity index (χ3v) is 4.07. The number of hydrogen-bond donors (Lipinski definition) is 1. The zero-order valence-corrected chi connectivity index (χ0v) is 15.2. The molecule has 1 rings (SSSR count). The van der Waals surface area contributed by atoms with Gasteiger partial charge in [-0.25, -0.2) is 4.79 Å². The average molecular weight is 320 g/mol. The first-order valence-corrected chi connectivity index (χ1v) is 7.95. The highest BCUT2D eigenvalue weighted by molar-refractivity contribution is 6.02. The van der Waals surface area contributed by atoms with Crippen LogP contribution in [0.3, 0.4) is 0 Å². The number of methoxy groups -OCH3 is 1. The Morgan fingerprint density at radius 3 is 2.09 bits per heavy atom. The number of ether oxygens (including phenoxy) is 1. The maximum atomic E-state index is 12.0. The van der Waals surface area contributed by atoms with Crippen molar-refractivity contribution in [3.05, 3.63) is 28.8 Å². The van der Waals surface area contributed by atoms with E-state index in [2.05, 4.69) is 34.6 Å². The van der Waals surface area contributed by atoms with E-state index < -0.39 is 5.97 Å². The minimum absolute atomic E-state index is 0.0390. The Labute approximate surface area is 138 Å². The molecule has 0 aliphatic heterocycles. The Hall–Kier alpha value is -1.84. The van der Waals surface area contributed by atoms with Crippen molar-refractivity contribution in [2.75, 3.05) is 7.11 Å². The summed E-state index contributed by atoms with van der Waals surface area (Å²) in [5, 5.41) is 10.2. The van der Waals surface area contributed by atoms with Gasteiger partial charge in [-0.3, -0.25) is 4.79 Å². The summed E-state index contributed by atoms with van der Waals surface area (Å²) < 4.78 is 4.74. The van der Waals surface area contributed by atoms with Crippen LogP contribution in [0.1, 0.15) is 80.2 Å². The van der Waals surface area contributed by atoms with Crippen molar-refractivity contribution < 1.29 is 19.4 Å². The molecule has 4 nitrogen and oxygen atoms in total. The van der Waals surface area contributed by atoms with Crippen LogP contribution in [0.4, 0.5) is 0 Å². The number of benzene rings is 1. The Morgan fingerprint density at radius 2 is 1.70 bits per heavy atom. The van der Waals surface area contributed by atoms with Crippen molar-refractivity contribution in [3.8, 4) is 5.75 Å². The van der Waals surface area contributed by atoms with Gasteiger partial charge in [-0.05, 0) is 48.3 Å². The third-order valence-electron chi connectivity index (χ3n) is 4.07. The number of esters is 1. The molecule has 0 fully saturated rings. The van der Waals surface area contributed by atoms with Gasteiger partial charge in [0.15, 0.2) is 5.78 Å². The van der Waals surface area contributed by atoms with Crippen LogP contribution in [0.2, 0.25) is 0 Å². The van der Waals surface area contributed by atoms with Gasteiger partial charge in [0.1, 0.15) is 11.3 Å². The molecule has 0 aliphatic carbocycles. The first-order valence-electron chi connectivity index (χ1n) is 7.95. The molecule has 1 aromatic carbocycles. The fourth-order valence-electron chi connectivity index (χ4n) is 2.85. The van der Waals surface area contributed by atoms with Gasteiger partial charge in [-0.2, -0.15) is 0 Å². The van der Waals surface area contributed by atoms with Gasteiger partial charge in [-0.1, -0.05) is 34.6 Å². The SMILES string of the molecule is COC(=O)c1cc(C(CC(C)C)C(C)(C)C)cc(C(C)=O)c1O. The summed E-state index contributed by atoms with van der Waals surface area (Å²) in [5.41, 5.74) is 1.06. The molecule has 0 heterocycles. The van der Waals surface area contributed by atoms with E-state index in [0.29, 0.717) is 5.92 Å². The molecule has 128 valence electrons. The monoisotopic (exact) mass is 320 g/mol. The highest BCUT2D eigenvalue weighted by Gasteiger charge is 2.30. The lowest BCUT2D eigenvalue weighted by Gasteiger charge is -2.33. The topological polar surface area (TPSA) is 63.6 Å². The van der Waals surface area contributed by atoms with Crippen LogP contribution in [0.15, 0.2) is 12.1 Å². The number of ketones is 1. The van der Waals surface area contributed by atoms with Crippen molar-refractivity contribution in [2.45, 2.75) is 53.9 Å². The van der Waals surface area contributed by atoms with Crippen LogP contribution >= 0.6 is 0 Å². The Bertz CT molecular complexity index is 594. The highest BCUT2D eigenvalue weighted by atomic mass is 16.5. The van der Waals surface area contributed by atoms with E-state index in [1.54, 1.807) is 12.1 Å². The van der Waals surface area contributed by atoms with Crippen LogP contribution in [-0.2, 0) is 4.74 Å². The first kappa shape index (κ1) is 19.2. The van der Waals surface area contributed by atoms with Gasteiger partial charge in [0.25, 0.3) is 0 Å². The maximum absolute atomic E-state index is 12.0. The summed E-state index contributed by atoms with van der Waals surface area (Å²) >= 11 is 0. The molecule has 23 heavy (non-hydrogen) atoms. The molecule has 1 unspecified atom stereocenters. The molecule has 0 amide bonds. The van der Waals surface area contributed by atoms with E-state index in [0.717, 1.165) is 12.0 Å². The number of carbonyl (C=O) groups excluding carboxylic acids is 2. The second-order valence-electron chi connectivity index (χ2n) is 7.56. The minimum Gasteiger partial charge on any atom is -0.506 e. The van der Waals surface area contributed by atoms with Crippen molar-refractivity contribution in [3.63, 3.8) is 0 Å².